The normalized spacial score (nSPS) is 19.4. The number of allylic oxidation sites excluding steroid dienone is 3. The minimum Gasteiger partial charge on any atom is -0.455 e. The zero-order valence-corrected chi connectivity index (χ0v) is 9.44. The van der Waals surface area contributed by atoms with Gasteiger partial charge >= 0.3 is 0 Å². The SMILES string of the molecule is C=CC1=C(C=C)C(C)Cc2ccncc2O1. The maximum Gasteiger partial charge on any atom is 0.148 e. The van der Waals surface area contributed by atoms with E-state index in [1.54, 1.807) is 18.5 Å². The molecule has 0 saturated carbocycles. The number of hydrogen-bond donors (Lipinski definition) is 0. The van der Waals surface area contributed by atoms with E-state index < -0.39 is 0 Å². The highest BCUT2D eigenvalue weighted by Crippen LogP contribution is 2.31. The van der Waals surface area contributed by atoms with Crippen LogP contribution in [0.2, 0.25) is 0 Å². The molecule has 0 fully saturated rings. The van der Waals surface area contributed by atoms with E-state index in [-0.39, 0.29) is 0 Å². The van der Waals surface area contributed by atoms with Crippen LogP contribution in [0.3, 0.4) is 0 Å². The van der Waals surface area contributed by atoms with Gasteiger partial charge in [0.15, 0.2) is 0 Å². The van der Waals surface area contributed by atoms with Gasteiger partial charge in [0, 0.05) is 6.20 Å². The van der Waals surface area contributed by atoms with Gasteiger partial charge in [-0.1, -0.05) is 26.2 Å². The van der Waals surface area contributed by atoms with Crippen LogP contribution < -0.4 is 4.74 Å². The van der Waals surface area contributed by atoms with Gasteiger partial charge in [-0.05, 0) is 35.6 Å². The van der Waals surface area contributed by atoms with Gasteiger partial charge in [0.05, 0.1) is 6.20 Å². The molecule has 0 N–H and O–H groups in total. The molecule has 1 aromatic rings. The quantitative estimate of drug-likeness (QED) is 0.752. The standard InChI is InChI=1S/C14H15NO/c1-4-12-10(3)8-11-6-7-15-9-14(11)16-13(12)5-2/h4-7,9-10H,1-2,8H2,3H3. The smallest absolute Gasteiger partial charge is 0.148 e. The number of aromatic nitrogens is 1. The van der Waals surface area contributed by atoms with Crippen LogP contribution >= 0.6 is 0 Å². The largest absolute Gasteiger partial charge is 0.455 e. The fourth-order valence-electron chi connectivity index (χ4n) is 1.99. The van der Waals surface area contributed by atoms with E-state index in [0.29, 0.717) is 5.92 Å². The van der Waals surface area contributed by atoms with Crippen molar-refractivity contribution in [2.45, 2.75) is 13.3 Å². The van der Waals surface area contributed by atoms with Gasteiger partial charge in [0.2, 0.25) is 0 Å². The summed E-state index contributed by atoms with van der Waals surface area (Å²) in [5, 5.41) is 0. The summed E-state index contributed by atoms with van der Waals surface area (Å²) in [6, 6.07) is 2.00. The van der Waals surface area contributed by atoms with E-state index >= 15 is 0 Å². The first-order valence-electron chi connectivity index (χ1n) is 5.36. The highest BCUT2D eigenvalue weighted by molar-refractivity contribution is 5.41. The van der Waals surface area contributed by atoms with Gasteiger partial charge in [-0.3, -0.25) is 4.98 Å². The van der Waals surface area contributed by atoms with Gasteiger partial charge in [0.25, 0.3) is 0 Å². The lowest BCUT2D eigenvalue weighted by Crippen LogP contribution is -2.02. The Balaban J connectivity index is 2.51. The summed E-state index contributed by atoms with van der Waals surface area (Å²) < 4.78 is 5.81. The van der Waals surface area contributed by atoms with Gasteiger partial charge in [0.1, 0.15) is 11.5 Å². The van der Waals surface area contributed by atoms with Crippen LogP contribution in [0.1, 0.15) is 12.5 Å². The van der Waals surface area contributed by atoms with E-state index in [1.165, 1.54) is 5.56 Å². The number of rotatable bonds is 2. The molecule has 2 heteroatoms. The molecule has 0 aliphatic carbocycles. The molecular weight excluding hydrogens is 198 g/mol. The second-order valence-electron chi connectivity index (χ2n) is 3.92. The first kappa shape index (κ1) is 10.7. The molecule has 1 aromatic heterocycles. The number of fused-ring (bicyclic) bond motifs is 1. The second-order valence-corrected chi connectivity index (χ2v) is 3.92. The minimum absolute atomic E-state index is 0.383. The highest BCUT2D eigenvalue weighted by atomic mass is 16.5. The van der Waals surface area contributed by atoms with Crippen molar-refractivity contribution in [3.05, 3.63) is 60.7 Å². The molecule has 0 saturated heterocycles. The predicted molar refractivity (Wildman–Crippen MR) is 65.2 cm³/mol. The molecule has 2 nitrogen and oxygen atoms in total. The lowest BCUT2D eigenvalue weighted by Gasteiger charge is -2.10. The number of pyridine rings is 1. The van der Waals surface area contributed by atoms with Crippen LogP contribution in [0.15, 0.2) is 55.1 Å². The molecule has 0 aromatic carbocycles. The maximum absolute atomic E-state index is 5.81. The van der Waals surface area contributed by atoms with Crippen molar-refractivity contribution in [2.24, 2.45) is 5.92 Å². The number of hydrogen-bond acceptors (Lipinski definition) is 2. The summed E-state index contributed by atoms with van der Waals surface area (Å²) in [6.07, 6.45) is 8.06. The highest BCUT2D eigenvalue weighted by Gasteiger charge is 2.19. The molecule has 0 amide bonds. The molecule has 0 bridgehead atoms. The van der Waals surface area contributed by atoms with Crippen molar-refractivity contribution in [3.8, 4) is 5.75 Å². The Hall–Kier alpha value is -1.83. The third-order valence-corrected chi connectivity index (χ3v) is 2.84. The Kier molecular flexibility index (Phi) is 2.91. The Morgan fingerprint density at radius 3 is 2.94 bits per heavy atom. The Bertz CT molecular complexity index is 460. The summed E-state index contributed by atoms with van der Waals surface area (Å²) >= 11 is 0. The third kappa shape index (κ3) is 1.78. The molecule has 82 valence electrons. The lowest BCUT2D eigenvalue weighted by molar-refractivity contribution is 0.437. The molecule has 0 spiro atoms. The average molecular weight is 213 g/mol. The number of nitrogens with zero attached hydrogens (tertiary/aromatic N) is 1. The van der Waals surface area contributed by atoms with E-state index in [1.807, 2.05) is 12.1 Å². The van der Waals surface area contributed by atoms with E-state index in [9.17, 15) is 0 Å². The minimum atomic E-state index is 0.383. The molecular formula is C14H15NO. The molecule has 0 radical (unpaired) electrons. The fraction of sp³-hybridized carbons (Fsp3) is 0.214. The van der Waals surface area contributed by atoms with Crippen LogP contribution in [-0.4, -0.2) is 4.98 Å². The summed E-state index contributed by atoms with van der Waals surface area (Å²) in [4.78, 5) is 4.08. The van der Waals surface area contributed by atoms with Crippen molar-refractivity contribution in [1.29, 1.82) is 0 Å². The van der Waals surface area contributed by atoms with E-state index in [0.717, 1.165) is 23.5 Å². The van der Waals surface area contributed by atoms with Gasteiger partial charge in [-0.15, -0.1) is 0 Å². The topological polar surface area (TPSA) is 22.1 Å². The van der Waals surface area contributed by atoms with Crippen LogP contribution in [0.4, 0.5) is 0 Å². The monoisotopic (exact) mass is 213 g/mol. The first-order valence-corrected chi connectivity index (χ1v) is 5.36. The molecule has 1 unspecified atom stereocenters. The summed E-state index contributed by atoms with van der Waals surface area (Å²) in [6.45, 7) is 9.78. The predicted octanol–water partition coefficient (Wildman–Crippen LogP) is 3.28. The van der Waals surface area contributed by atoms with Crippen LogP contribution in [0, 0.1) is 5.92 Å². The van der Waals surface area contributed by atoms with E-state index in [2.05, 4.69) is 25.1 Å². The summed E-state index contributed by atoms with van der Waals surface area (Å²) in [7, 11) is 0. The van der Waals surface area contributed by atoms with Crippen LogP contribution in [0.25, 0.3) is 0 Å². The summed E-state index contributed by atoms with van der Waals surface area (Å²) in [5.41, 5.74) is 2.28. The van der Waals surface area contributed by atoms with Gasteiger partial charge < -0.3 is 4.74 Å². The molecule has 2 rings (SSSR count). The van der Waals surface area contributed by atoms with Crippen molar-refractivity contribution < 1.29 is 4.74 Å². The average Bonchev–Trinajstić information content (AvgIpc) is 2.44. The van der Waals surface area contributed by atoms with Crippen molar-refractivity contribution in [1.82, 2.24) is 4.98 Å². The van der Waals surface area contributed by atoms with Crippen LogP contribution in [0.5, 0.6) is 5.75 Å². The number of ether oxygens (including phenoxy) is 1. The van der Waals surface area contributed by atoms with Crippen molar-refractivity contribution >= 4 is 0 Å². The second kappa shape index (κ2) is 4.35. The molecule has 1 atom stereocenters. The van der Waals surface area contributed by atoms with Crippen molar-refractivity contribution in [2.75, 3.05) is 0 Å². The van der Waals surface area contributed by atoms with Gasteiger partial charge in [-0.2, -0.15) is 0 Å². The Labute approximate surface area is 96.0 Å². The van der Waals surface area contributed by atoms with Crippen molar-refractivity contribution in [3.63, 3.8) is 0 Å². The molecule has 16 heavy (non-hydrogen) atoms. The van der Waals surface area contributed by atoms with E-state index in [4.69, 9.17) is 4.74 Å². The molecule has 1 aliphatic heterocycles. The molecule has 2 heterocycles. The first-order chi connectivity index (χ1) is 7.76. The Morgan fingerprint density at radius 1 is 1.44 bits per heavy atom. The summed E-state index contributed by atoms with van der Waals surface area (Å²) in [5.74, 6) is 1.99. The maximum atomic E-state index is 5.81. The lowest BCUT2D eigenvalue weighted by atomic mass is 9.93. The molecule has 1 aliphatic rings. The fourth-order valence-corrected chi connectivity index (χ4v) is 1.99. The van der Waals surface area contributed by atoms with Crippen LogP contribution in [-0.2, 0) is 6.42 Å². The van der Waals surface area contributed by atoms with Gasteiger partial charge in [-0.25, -0.2) is 0 Å². The third-order valence-electron chi connectivity index (χ3n) is 2.84. The zero-order chi connectivity index (χ0) is 11.5. The zero-order valence-electron chi connectivity index (χ0n) is 9.44. The Morgan fingerprint density at radius 2 is 2.25 bits per heavy atom.